The normalized spacial score (nSPS) is 18.4. The second-order valence-corrected chi connectivity index (χ2v) is 6.26. The zero-order valence-electron chi connectivity index (χ0n) is 12.5. The zero-order chi connectivity index (χ0) is 14.6. The molecule has 0 aromatic heterocycles. The summed E-state index contributed by atoms with van der Waals surface area (Å²) >= 11 is 3.56. The highest BCUT2D eigenvalue weighted by Crippen LogP contribution is 2.39. The molecule has 3 nitrogen and oxygen atoms in total. The van der Waals surface area contributed by atoms with Crippen molar-refractivity contribution in [3.63, 3.8) is 0 Å². The number of benzene rings is 1. The number of methoxy groups -OCH3 is 2. The highest BCUT2D eigenvalue weighted by molar-refractivity contribution is 9.10. The number of hydrogen-bond donors (Lipinski definition) is 1. The largest absolute Gasteiger partial charge is 0.496 e. The summed E-state index contributed by atoms with van der Waals surface area (Å²) in [6, 6.07) is 6.66. The van der Waals surface area contributed by atoms with E-state index in [9.17, 15) is 0 Å². The summed E-state index contributed by atoms with van der Waals surface area (Å²) in [4.78, 5) is 0. The average Bonchev–Trinajstić information content (AvgIpc) is 2.38. The molecule has 0 amide bonds. The van der Waals surface area contributed by atoms with Gasteiger partial charge in [0, 0.05) is 13.2 Å². The van der Waals surface area contributed by atoms with Gasteiger partial charge in [0.15, 0.2) is 0 Å². The second-order valence-electron chi connectivity index (χ2n) is 5.41. The first-order chi connectivity index (χ1) is 9.65. The lowest BCUT2D eigenvalue weighted by molar-refractivity contribution is -0.0978. The Labute approximate surface area is 130 Å². The van der Waals surface area contributed by atoms with E-state index < -0.39 is 0 Å². The number of halogens is 1. The van der Waals surface area contributed by atoms with Gasteiger partial charge < -0.3 is 14.8 Å². The van der Waals surface area contributed by atoms with Gasteiger partial charge in [-0.3, -0.25) is 0 Å². The van der Waals surface area contributed by atoms with E-state index >= 15 is 0 Å². The Balaban J connectivity index is 2.13. The maximum Gasteiger partial charge on any atom is 0.133 e. The van der Waals surface area contributed by atoms with Crippen LogP contribution < -0.4 is 10.1 Å². The first kappa shape index (κ1) is 15.8. The molecule has 0 spiro atoms. The van der Waals surface area contributed by atoms with Gasteiger partial charge in [-0.15, -0.1) is 0 Å². The summed E-state index contributed by atoms with van der Waals surface area (Å²) in [7, 11) is 3.53. The lowest BCUT2D eigenvalue weighted by atomic mass is 9.72. The number of ether oxygens (including phenoxy) is 2. The van der Waals surface area contributed by atoms with Crippen molar-refractivity contribution in [3.05, 3.63) is 28.2 Å². The summed E-state index contributed by atoms with van der Waals surface area (Å²) in [5.74, 6) is 0.874. The van der Waals surface area contributed by atoms with E-state index in [0.29, 0.717) is 6.04 Å². The van der Waals surface area contributed by atoms with Gasteiger partial charge in [-0.1, -0.05) is 13.0 Å². The molecule has 4 heteroatoms. The summed E-state index contributed by atoms with van der Waals surface area (Å²) < 4.78 is 12.1. The molecule has 112 valence electrons. The Hall–Kier alpha value is -0.580. The maximum absolute atomic E-state index is 5.84. The molecule has 1 aliphatic carbocycles. The van der Waals surface area contributed by atoms with Gasteiger partial charge in [0.2, 0.25) is 0 Å². The van der Waals surface area contributed by atoms with E-state index in [1.54, 1.807) is 7.11 Å². The Morgan fingerprint density at radius 3 is 2.55 bits per heavy atom. The second kappa shape index (κ2) is 6.92. The molecule has 1 atom stereocenters. The molecule has 0 saturated heterocycles. The first-order valence-corrected chi connectivity index (χ1v) is 8.05. The molecule has 0 bridgehead atoms. The van der Waals surface area contributed by atoms with Crippen LogP contribution in [0.1, 0.15) is 31.7 Å². The standard InChI is InChI=1S/C16H24BrNO2/c1-4-18-15(16(20-3)8-5-9-16)11-12-6-7-14(19-2)13(17)10-12/h6-7,10,15,18H,4-5,8-9,11H2,1-3H3. The van der Waals surface area contributed by atoms with Gasteiger partial charge in [0.1, 0.15) is 5.75 Å². The third-order valence-corrected chi connectivity index (χ3v) is 4.97. The van der Waals surface area contributed by atoms with Crippen LogP contribution in [0.3, 0.4) is 0 Å². The third-order valence-electron chi connectivity index (χ3n) is 4.35. The Morgan fingerprint density at radius 1 is 1.35 bits per heavy atom. The first-order valence-electron chi connectivity index (χ1n) is 7.26. The lowest BCUT2D eigenvalue weighted by Crippen LogP contribution is -2.57. The molecular formula is C16H24BrNO2. The van der Waals surface area contributed by atoms with Crippen LogP contribution in [0, 0.1) is 0 Å². The fourth-order valence-corrected chi connectivity index (χ4v) is 3.57. The van der Waals surface area contributed by atoms with Crippen molar-refractivity contribution in [2.75, 3.05) is 20.8 Å². The van der Waals surface area contributed by atoms with Crippen LogP contribution >= 0.6 is 15.9 Å². The van der Waals surface area contributed by atoms with Gasteiger partial charge in [-0.05, 0) is 65.9 Å². The fourth-order valence-electron chi connectivity index (χ4n) is 2.98. The Kier molecular flexibility index (Phi) is 5.47. The molecule has 1 aromatic carbocycles. The molecule has 1 saturated carbocycles. The van der Waals surface area contributed by atoms with E-state index in [-0.39, 0.29) is 5.60 Å². The van der Waals surface area contributed by atoms with Gasteiger partial charge in [-0.2, -0.15) is 0 Å². The van der Waals surface area contributed by atoms with Crippen LogP contribution in [0.25, 0.3) is 0 Å². The number of rotatable bonds is 7. The molecular weight excluding hydrogens is 318 g/mol. The zero-order valence-corrected chi connectivity index (χ0v) is 14.1. The van der Waals surface area contributed by atoms with Crippen LogP contribution in [0.2, 0.25) is 0 Å². The van der Waals surface area contributed by atoms with E-state index in [1.807, 2.05) is 13.2 Å². The predicted molar refractivity (Wildman–Crippen MR) is 85.5 cm³/mol. The van der Waals surface area contributed by atoms with E-state index in [0.717, 1.165) is 36.0 Å². The van der Waals surface area contributed by atoms with Crippen LogP contribution in [0.15, 0.2) is 22.7 Å². The minimum absolute atomic E-state index is 0.0163. The topological polar surface area (TPSA) is 30.5 Å². The monoisotopic (exact) mass is 341 g/mol. The minimum Gasteiger partial charge on any atom is -0.496 e. The molecule has 1 N–H and O–H groups in total. The van der Waals surface area contributed by atoms with Crippen molar-refractivity contribution in [2.24, 2.45) is 0 Å². The molecule has 20 heavy (non-hydrogen) atoms. The Bertz CT molecular complexity index is 441. The summed E-state index contributed by atoms with van der Waals surface area (Å²) in [6.45, 7) is 3.12. The number of hydrogen-bond acceptors (Lipinski definition) is 3. The van der Waals surface area contributed by atoms with Crippen LogP contribution in [0.5, 0.6) is 5.75 Å². The molecule has 0 heterocycles. The average molecular weight is 342 g/mol. The number of likely N-dealkylation sites (N-methyl/N-ethyl adjacent to an activating group) is 1. The molecule has 1 aromatic rings. The molecule has 1 aliphatic rings. The van der Waals surface area contributed by atoms with Gasteiger partial charge >= 0.3 is 0 Å². The minimum atomic E-state index is 0.0163. The SMILES string of the molecule is CCNC(Cc1ccc(OC)c(Br)c1)C1(OC)CCC1. The van der Waals surface area contributed by atoms with Crippen LogP contribution in [0.4, 0.5) is 0 Å². The fraction of sp³-hybridized carbons (Fsp3) is 0.625. The van der Waals surface area contributed by atoms with Crippen molar-refractivity contribution < 1.29 is 9.47 Å². The van der Waals surface area contributed by atoms with Gasteiger partial charge in [0.05, 0.1) is 17.2 Å². The highest BCUT2D eigenvalue weighted by Gasteiger charge is 2.43. The lowest BCUT2D eigenvalue weighted by Gasteiger charge is -2.47. The van der Waals surface area contributed by atoms with Gasteiger partial charge in [-0.25, -0.2) is 0 Å². The van der Waals surface area contributed by atoms with E-state index in [2.05, 4.69) is 40.3 Å². The van der Waals surface area contributed by atoms with Crippen molar-refractivity contribution in [2.45, 2.75) is 44.2 Å². The van der Waals surface area contributed by atoms with Gasteiger partial charge in [0.25, 0.3) is 0 Å². The summed E-state index contributed by atoms with van der Waals surface area (Å²) in [6.07, 6.45) is 4.54. The summed E-state index contributed by atoms with van der Waals surface area (Å²) in [5.41, 5.74) is 1.31. The molecule has 1 fully saturated rings. The van der Waals surface area contributed by atoms with E-state index in [1.165, 1.54) is 12.0 Å². The number of nitrogens with one attached hydrogen (secondary N) is 1. The van der Waals surface area contributed by atoms with Crippen LogP contribution in [-0.2, 0) is 11.2 Å². The smallest absolute Gasteiger partial charge is 0.133 e. The molecule has 0 aliphatic heterocycles. The molecule has 1 unspecified atom stereocenters. The Morgan fingerprint density at radius 2 is 2.10 bits per heavy atom. The maximum atomic E-state index is 5.84. The highest BCUT2D eigenvalue weighted by atomic mass is 79.9. The molecule has 0 radical (unpaired) electrons. The van der Waals surface area contributed by atoms with Crippen LogP contribution in [-0.4, -0.2) is 32.4 Å². The van der Waals surface area contributed by atoms with Crippen molar-refractivity contribution in [3.8, 4) is 5.75 Å². The summed E-state index contributed by atoms with van der Waals surface area (Å²) in [5, 5.41) is 3.60. The quantitative estimate of drug-likeness (QED) is 0.822. The van der Waals surface area contributed by atoms with E-state index in [4.69, 9.17) is 9.47 Å². The molecule has 2 rings (SSSR count). The van der Waals surface area contributed by atoms with Crippen molar-refractivity contribution in [1.82, 2.24) is 5.32 Å². The van der Waals surface area contributed by atoms with Crippen molar-refractivity contribution >= 4 is 15.9 Å². The van der Waals surface area contributed by atoms with Crippen molar-refractivity contribution in [1.29, 1.82) is 0 Å². The third kappa shape index (κ3) is 3.18. The predicted octanol–water partition coefficient (Wildman–Crippen LogP) is 3.55.